The number of nitrogens with zero attached hydrogens (tertiary/aromatic N) is 2. The van der Waals surface area contributed by atoms with Crippen LogP contribution in [0.15, 0.2) is 12.7 Å². The Morgan fingerprint density at radius 3 is 2.90 bits per heavy atom. The lowest BCUT2D eigenvalue weighted by Gasteiger charge is -1.85. The maximum Gasteiger partial charge on any atom is 0.198 e. The standard InChI is InChI=1S/C6H6N2OS/c1-3-5(9)6-4(2)7-8-10-6/h3H,1H2,2H3. The third kappa shape index (κ3) is 1.11. The van der Waals surface area contributed by atoms with Crippen molar-refractivity contribution in [3.05, 3.63) is 23.2 Å². The highest BCUT2D eigenvalue weighted by Crippen LogP contribution is 2.09. The summed E-state index contributed by atoms with van der Waals surface area (Å²) >= 11 is 1.10. The van der Waals surface area contributed by atoms with Crippen LogP contribution < -0.4 is 0 Å². The summed E-state index contributed by atoms with van der Waals surface area (Å²) in [5.41, 5.74) is 0.676. The highest BCUT2D eigenvalue weighted by Gasteiger charge is 2.08. The Labute approximate surface area is 62.6 Å². The van der Waals surface area contributed by atoms with Crippen molar-refractivity contribution in [1.82, 2.24) is 9.59 Å². The van der Waals surface area contributed by atoms with Gasteiger partial charge < -0.3 is 0 Å². The monoisotopic (exact) mass is 154 g/mol. The lowest BCUT2D eigenvalue weighted by atomic mass is 10.3. The number of aromatic nitrogens is 2. The average Bonchev–Trinajstić information content (AvgIpc) is 2.34. The van der Waals surface area contributed by atoms with Crippen molar-refractivity contribution < 1.29 is 4.79 Å². The zero-order valence-electron chi connectivity index (χ0n) is 5.50. The topological polar surface area (TPSA) is 42.9 Å². The molecule has 3 nitrogen and oxygen atoms in total. The number of carbonyl (C=O) groups is 1. The number of carbonyl (C=O) groups excluding carboxylic acids is 1. The van der Waals surface area contributed by atoms with Gasteiger partial charge in [0, 0.05) is 0 Å². The summed E-state index contributed by atoms with van der Waals surface area (Å²) in [5, 5.41) is 3.69. The second kappa shape index (κ2) is 2.70. The second-order valence-electron chi connectivity index (χ2n) is 1.76. The van der Waals surface area contributed by atoms with Crippen LogP contribution in [0.25, 0.3) is 0 Å². The Morgan fingerprint density at radius 2 is 2.50 bits per heavy atom. The van der Waals surface area contributed by atoms with Gasteiger partial charge in [-0.05, 0) is 24.5 Å². The third-order valence-corrected chi connectivity index (χ3v) is 1.90. The number of allylic oxidation sites excluding steroid dienone is 1. The van der Waals surface area contributed by atoms with Crippen LogP contribution in [0.5, 0.6) is 0 Å². The molecule has 0 radical (unpaired) electrons. The molecule has 52 valence electrons. The molecule has 0 saturated carbocycles. The van der Waals surface area contributed by atoms with E-state index in [1.807, 2.05) is 0 Å². The molecule has 4 heteroatoms. The van der Waals surface area contributed by atoms with Gasteiger partial charge in [-0.25, -0.2) is 0 Å². The molecule has 0 amide bonds. The number of hydrogen-bond acceptors (Lipinski definition) is 4. The molecule has 0 N–H and O–H groups in total. The summed E-state index contributed by atoms with van der Waals surface area (Å²) in [6.07, 6.45) is 1.27. The quantitative estimate of drug-likeness (QED) is 0.475. The minimum absolute atomic E-state index is 0.104. The highest BCUT2D eigenvalue weighted by atomic mass is 32.1. The van der Waals surface area contributed by atoms with E-state index in [9.17, 15) is 4.79 Å². The molecule has 0 aliphatic heterocycles. The molecule has 0 aliphatic rings. The van der Waals surface area contributed by atoms with E-state index in [0.29, 0.717) is 10.6 Å². The summed E-state index contributed by atoms with van der Waals surface area (Å²) in [6.45, 7) is 5.11. The maximum atomic E-state index is 10.9. The molecule has 1 aromatic rings. The fourth-order valence-electron chi connectivity index (χ4n) is 0.550. The van der Waals surface area contributed by atoms with Crippen molar-refractivity contribution in [1.29, 1.82) is 0 Å². The zero-order valence-corrected chi connectivity index (χ0v) is 6.31. The fourth-order valence-corrected chi connectivity index (χ4v) is 1.14. The van der Waals surface area contributed by atoms with Crippen LogP contribution in [0.1, 0.15) is 15.4 Å². The predicted octanol–water partition coefficient (Wildman–Crippen LogP) is 1.22. The molecule has 0 aromatic carbocycles. The number of hydrogen-bond donors (Lipinski definition) is 0. The molecule has 0 aliphatic carbocycles. The third-order valence-electron chi connectivity index (χ3n) is 1.06. The first-order valence-corrected chi connectivity index (χ1v) is 3.48. The van der Waals surface area contributed by atoms with E-state index in [-0.39, 0.29) is 5.78 Å². The highest BCUT2D eigenvalue weighted by molar-refractivity contribution is 7.08. The molecule has 1 heterocycles. The van der Waals surface area contributed by atoms with Crippen molar-refractivity contribution in [2.45, 2.75) is 6.92 Å². The van der Waals surface area contributed by atoms with Crippen LogP contribution in [-0.4, -0.2) is 15.4 Å². The molecule has 0 unspecified atom stereocenters. The molecule has 10 heavy (non-hydrogen) atoms. The first kappa shape index (κ1) is 7.08. The van der Waals surface area contributed by atoms with E-state index in [0.717, 1.165) is 11.5 Å². The first-order chi connectivity index (χ1) is 4.75. The van der Waals surface area contributed by atoms with Crippen LogP contribution >= 0.6 is 11.5 Å². The van der Waals surface area contributed by atoms with Gasteiger partial charge in [-0.15, -0.1) is 5.10 Å². The Bertz CT molecular complexity index is 266. The Morgan fingerprint density at radius 1 is 1.80 bits per heavy atom. The smallest absolute Gasteiger partial charge is 0.198 e. The fraction of sp³-hybridized carbons (Fsp3) is 0.167. The van der Waals surface area contributed by atoms with E-state index in [2.05, 4.69) is 16.2 Å². The van der Waals surface area contributed by atoms with E-state index in [1.165, 1.54) is 6.08 Å². The number of rotatable bonds is 2. The van der Waals surface area contributed by atoms with Crippen molar-refractivity contribution in [3.63, 3.8) is 0 Å². The van der Waals surface area contributed by atoms with Gasteiger partial charge in [-0.1, -0.05) is 11.1 Å². The molecule has 0 saturated heterocycles. The van der Waals surface area contributed by atoms with E-state index >= 15 is 0 Å². The molecule has 0 atom stereocenters. The van der Waals surface area contributed by atoms with Crippen LogP contribution in [0.4, 0.5) is 0 Å². The van der Waals surface area contributed by atoms with Gasteiger partial charge in [0.2, 0.25) is 0 Å². The molecule has 0 spiro atoms. The van der Waals surface area contributed by atoms with Gasteiger partial charge >= 0.3 is 0 Å². The minimum atomic E-state index is -0.104. The van der Waals surface area contributed by atoms with Crippen LogP contribution in [0.3, 0.4) is 0 Å². The van der Waals surface area contributed by atoms with Gasteiger partial charge in [0.05, 0.1) is 5.69 Å². The minimum Gasteiger partial charge on any atom is -0.288 e. The van der Waals surface area contributed by atoms with Crippen molar-refractivity contribution >= 4 is 17.3 Å². The SMILES string of the molecule is C=CC(=O)c1snnc1C. The van der Waals surface area contributed by atoms with Gasteiger partial charge in [-0.2, -0.15) is 0 Å². The van der Waals surface area contributed by atoms with Crippen molar-refractivity contribution in [2.75, 3.05) is 0 Å². The number of ketones is 1. The van der Waals surface area contributed by atoms with Crippen LogP contribution in [-0.2, 0) is 0 Å². The lowest BCUT2D eigenvalue weighted by Crippen LogP contribution is -1.91. The molecule has 0 bridgehead atoms. The molecule has 1 aromatic heterocycles. The van der Waals surface area contributed by atoms with E-state index in [4.69, 9.17) is 0 Å². The van der Waals surface area contributed by atoms with Gasteiger partial charge in [-0.3, -0.25) is 4.79 Å². The Hall–Kier alpha value is -1.03. The second-order valence-corrected chi connectivity index (χ2v) is 2.51. The van der Waals surface area contributed by atoms with Crippen molar-refractivity contribution in [2.24, 2.45) is 0 Å². The molecule has 0 fully saturated rings. The largest absolute Gasteiger partial charge is 0.288 e. The maximum absolute atomic E-state index is 10.9. The summed E-state index contributed by atoms with van der Waals surface area (Å²) in [7, 11) is 0. The van der Waals surface area contributed by atoms with E-state index in [1.54, 1.807) is 6.92 Å². The normalized spacial score (nSPS) is 9.30. The van der Waals surface area contributed by atoms with Crippen LogP contribution in [0.2, 0.25) is 0 Å². The lowest BCUT2D eigenvalue weighted by molar-refractivity contribution is 0.105. The van der Waals surface area contributed by atoms with Gasteiger partial charge in [0.15, 0.2) is 5.78 Å². The average molecular weight is 154 g/mol. The first-order valence-electron chi connectivity index (χ1n) is 2.71. The van der Waals surface area contributed by atoms with Crippen molar-refractivity contribution in [3.8, 4) is 0 Å². The number of aryl methyl sites for hydroxylation is 1. The summed E-state index contributed by atoms with van der Waals surface area (Å²) in [5.74, 6) is -0.104. The molecular formula is C6H6N2OS. The van der Waals surface area contributed by atoms with E-state index < -0.39 is 0 Å². The molecule has 1 rings (SSSR count). The molecular weight excluding hydrogens is 148 g/mol. The van der Waals surface area contributed by atoms with Gasteiger partial charge in [0.25, 0.3) is 0 Å². The zero-order chi connectivity index (χ0) is 7.56. The predicted molar refractivity (Wildman–Crippen MR) is 39.2 cm³/mol. The summed E-state index contributed by atoms with van der Waals surface area (Å²) in [4.78, 5) is 11.5. The Kier molecular flexibility index (Phi) is 1.91. The van der Waals surface area contributed by atoms with Gasteiger partial charge in [0.1, 0.15) is 4.88 Å². The summed E-state index contributed by atoms with van der Waals surface area (Å²) < 4.78 is 3.61. The van der Waals surface area contributed by atoms with Crippen LogP contribution in [0, 0.1) is 6.92 Å². The summed E-state index contributed by atoms with van der Waals surface area (Å²) in [6, 6.07) is 0. The Balaban J connectivity index is 3.04.